The van der Waals surface area contributed by atoms with Gasteiger partial charge in [0.15, 0.2) is 11.5 Å². The van der Waals surface area contributed by atoms with Crippen molar-refractivity contribution in [1.29, 1.82) is 0 Å². The van der Waals surface area contributed by atoms with Gasteiger partial charge in [0, 0.05) is 20.1 Å². The van der Waals surface area contributed by atoms with Crippen LogP contribution in [0, 0.1) is 0 Å². The molecule has 1 amide bonds. The van der Waals surface area contributed by atoms with Gasteiger partial charge in [-0.15, -0.1) is 0 Å². The summed E-state index contributed by atoms with van der Waals surface area (Å²) in [5.41, 5.74) is 4.67. The van der Waals surface area contributed by atoms with Gasteiger partial charge in [0.05, 0.1) is 24.4 Å². The fourth-order valence-electron chi connectivity index (χ4n) is 2.93. The predicted octanol–water partition coefficient (Wildman–Crippen LogP) is 7.11. The molecule has 0 atom stereocenters. The first-order valence-electron chi connectivity index (χ1n) is 10.4. The third kappa shape index (κ3) is 7.32. The van der Waals surface area contributed by atoms with E-state index in [1.54, 1.807) is 24.4 Å². The summed E-state index contributed by atoms with van der Waals surface area (Å²) in [6.45, 7) is 2.97. The first kappa shape index (κ1) is 26.2. The highest BCUT2D eigenvalue weighted by molar-refractivity contribution is 9.11. The van der Waals surface area contributed by atoms with Crippen molar-refractivity contribution in [2.24, 2.45) is 5.10 Å². The van der Waals surface area contributed by atoms with Crippen molar-refractivity contribution in [3.8, 4) is 17.2 Å². The van der Waals surface area contributed by atoms with Gasteiger partial charge in [-0.25, -0.2) is 5.43 Å². The van der Waals surface area contributed by atoms with Crippen LogP contribution in [-0.2, 0) is 6.61 Å². The highest BCUT2D eigenvalue weighted by Gasteiger charge is 2.12. The second kappa shape index (κ2) is 12.9. The Balaban J connectivity index is 1.72. The second-order valence-corrected chi connectivity index (χ2v) is 9.82. The Hall–Kier alpha value is -2.36. The normalized spacial score (nSPS) is 10.9. The van der Waals surface area contributed by atoms with E-state index in [0.717, 1.165) is 25.4 Å². The van der Waals surface area contributed by atoms with Crippen LogP contribution in [0.15, 0.2) is 73.1 Å². The zero-order chi connectivity index (χ0) is 24.5. The van der Waals surface area contributed by atoms with Gasteiger partial charge < -0.3 is 14.2 Å². The molecule has 3 aromatic rings. The number of carbonyl (C=O) groups is 1. The van der Waals surface area contributed by atoms with E-state index >= 15 is 0 Å². The first-order chi connectivity index (χ1) is 16.4. The lowest BCUT2D eigenvalue weighted by molar-refractivity contribution is 0.0954. The van der Waals surface area contributed by atoms with Crippen LogP contribution in [0.3, 0.4) is 0 Å². The molecule has 0 saturated heterocycles. The molecule has 3 aromatic carbocycles. The van der Waals surface area contributed by atoms with Crippen LogP contribution in [-0.4, -0.2) is 25.8 Å². The largest absolute Gasteiger partial charge is 0.493 e. The topological polar surface area (TPSA) is 69.2 Å². The highest BCUT2D eigenvalue weighted by atomic mass is 79.9. The number of carbonyl (C=O) groups excluding carboxylic acids is 1. The quantitative estimate of drug-likeness (QED) is 0.187. The van der Waals surface area contributed by atoms with Crippen molar-refractivity contribution in [1.82, 2.24) is 5.43 Å². The molecule has 0 spiro atoms. The minimum atomic E-state index is -0.372. The lowest BCUT2D eigenvalue weighted by Crippen LogP contribution is -2.17. The van der Waals surface area contributed by atoms with Crippen LogP contribution in [0.4, 0.5) is 0 Å². The summed E-state index contributed by atoms with van der Waals surface area (Å²) in [6.07, 6.45) is 2.42. The van der Waals surface area contributed by atoms with Gasteiger partial charge in [-0.05, 0) is 70.4 Å². The van der Waals surface area contributed by atoms with E-state index in [-0.39, 0.29) is 5.91 Å². The third-order valence-electron chi connectivity index (χ3n) is 4.59. The SMILES string of the molecule is CCCOc1ccc(C(=O)N/N=C/c2cc(Br)cc(Br)c2OCc2ccc(Br)cc2)cc1OC. The maximum atomic E-state index is 12.6. The molecular weight excluding hydrogens is 632 g/mol. The molecule has 34 heavy (non-hydrogen) atoms. The van der Waals surface area contributed by atoms with Crippen molar-refractivity contribution >= 4 is 59.9 Å². The maximum Gasteiger partial charge on any atom is 0.271 e. The number of halogens is 3. The molecule has 0 fully saturated rings. The number of hydrazone groups is 1. The second-order valence-electron chi connectivity index (χ2n) is 7.13. The molecule has 0 bridgehead atoms. The number of rotatable bonds is 10. The Morgan fingerprint density at radius 2 is 1.74 bits per heavy atom. The predicted molar refractivity (Wildman–Crippen MR) is 144 cm³/mol. The van der Waals surface area contributed by atoms with Crippen LogP contribution in [0.2, 0.25) is 0 Å². The average molecular weight is 655 g/mol. The van der Waals surface area contributed by atoms with Gasteiger partial charge in [-0.2, -0.15) is 5.10 Å². The Morgan fingerprint density at radius 3 is 2.44 bits per heavy atom. The Labute approximate surface area is 224 Å². The van der Waals surface area contributed by atoms with Crippen LogP contribution in [0.5, 0.6) is 17.2 Å². The van der Waals surface area contributed by atoms with E-state index < -0.39 is 0 Å². The third-order valence-corrected chi connectivity index (χ3v) is 6.17. The molecule has 0 unspecified atom stereocenters. The molecule has 1 N–H and O–H groups in total. The van der Waals surface area contributed by atoms with Gasteiger partial charge >= 0.3 is 0 Å². The molecule has 0 aliphatic heterocycles. The fraction of sp³-hybridized carbons (Fsp3) is 0.200. The summed E-state index contributed by atoms with van der Waals surface area (Å²) < 4.78 is 19.6. The van der Waals surface area contributed by atoms with Crippen LogP contribution >= 0.6 is 47.8 Å². The minimum Gasteiger partial charge on any atom is -0.493 e. The van der Waals surface area contributed by atoms with Gasteiger partial charge in [-0.1, -0.05) is 50.9 Å². The molecule has 0 saturated carbocycles. The lowest BCUT2D eigenvalue weighted by atomic mass is 10.2. The van der Waals surface area contributed by atoms with Crippen LogP contribution in [0.25, 0.3) is 0 Å². The van der Waals surface area contributed by atoms with Crippen molar-refractivity contribution in [2.75, 3.05) is 13.7 Å². The van der Waals surface area contributed by atoms with Crippen molar-refractivity contribution in [3.05, 3.63) is 84.7 Å². The van der Waals surface area contributed by atoms with E-state index in [4.69, 9.17) is 14.2 Å². The number of hydrogen-bond donors (Lipinski definition) is 1. The number of ether oxygens (including phenoxy) is 3. The number of amides is 1. The van der Waals surface area contributed by atoms with E-state index in [9.17, 15) is 4.79 Å². The molecular formula is C25H23Br3N2O4. The fourth-order valence-corrected chi connectivity index (χ4v) is 4.57. The summed E-state index contributed by atoms with van der Waals surface area (Å²) in [5, 5.41) is 4.13. The number of nitrogens with one attached hydrogen (secondary N) is 1. The standard InChI is InChI=1S/C25H23Br3N2O4/c1-3-10-33-22-9-6-17(12-23(22)32-2)25(31)30-29-14-18-11-20(27)13-21(28)24(18)34-15-16-4-7-19(26)8-5-16/h4-9,11-14H,3,10,15H2,1-2H3,(H,30,31)/b29-14+. The summed E-state index contributed by atoms with van der Waals surface area (Å²) in [5.74, 6) is 1.33. The lowest BCUT2D eigenvalue weighted by Gasteiger charge is -2.12. The monoisotopic (exact) mass is 652 g/mol. The number of methoxy groups -OCH3 is 1. The zero-order valence-electron chi connectivity index (χ0n) is 18.6. The van der Waals surface area contributed by atoms with Gasteiger partial charge in [0.1, 0.15) is 12.4 Å². The molecule has 0 heterocycles. The van der Waals surface area contributed by atoms with E-state index in [0.29, 0.717) is 41.6 Å². The molecule has 0 aromatic heterocycles. The molecule has 0 aliphatic rings. The Kier molecular flexibility index (Phi) is 9.98. The average Bonchev–Trinajstić information content (AvgIpc) is 2.83. The first-order valence-corrected chi connectivity index (χ1v) is 12.8. The van der Waals surface area contributed by atoms with Gasteiger partial charge in [-0.3, -0.25) is 4.79 Å². The van der Waals surface area contributed by atoms with Gasteiger partial charge in [0.2, 0.25) is 0 Å². The van der Waals surface area contributed by atoms with Gasteiger partial charge in [0.25, 0.3) is 5.91 Å². The smallest absolute Gasteiger partial charge is 0.271 e. The van der Waals surface area contributed by atoms with Crippen LogP contribution in [0.1, 0.15) is 34.8 Å². The molecule has 9 heteroatoms. The molecule has 3 rings (SSSR count). The molecule has 0 aliphatic carbocycles. The van der Waals surface area contributed by atoms with E-state index in [1.165, 1.54) is 7.11 Å². The molecule has 6 nitrogen and oxygen atoms in total. The van der Waals surface area contributed by atoms with Crippen LogP contribution < -0.4 is 19.6 Å². The number of nitrogens with zero attached hydrogens (tertiary/aromatic N) is 1. The summed E-state index contributed by atoms with van der Waals surface area (Å²) >= 11 is 10.5. The Morgan fingerprint density at radius 1 is 0.971 bits per heavy atom. The van der Waals surface area contributed by atoms with E-state index in [2.05, 4.69) is 58.3 Å². The summed E-state index contributed by atoms with van der Waals surface area (Å²) in [6, 6.07) is 16.7. The summed E-state index contributed by atoms with van der Waals surface area (Å²) in [7, 11) is 1.54. The van der Waals surface area contributed by atoms with Crippen molar-refractivity contribution in [2.45, 2.75) is 20.0 Å². The summed E-state index contributed by atoms with van der Waals surface area (Å²) in [4.78, 5) is 12.6. The zero-order valence-corrected chi connectivity index (χ0v) is 23.4. The van der Waals surface area contributed by atoms with E-state index in [1.807, 2.05) is 43.3 Å². The number of benzene rings is 3. The number of hydrogen-bond acceptors (Lipinski definition) is 5. The highest BCUT2D eigenvalue weighted by Crippen LogP contribution is 2.33. The molecule has 178 valence electrons. The maximum absolute atomic E-state index is 12.6. The minimum absolute atomic E-state index is 0.372. The molecule has 0 radical (unpaired) electrons. The van der Waals surface area contributed by atoms with Crippen molar-refractivity contribution in [3.63, 3.8) is 0 Å². The Bertz CT molecular complexity index is 1170. The van der Waals surface area contributed by atoms with Crippen molar-refractivity contribution < 1.29 is 19.0 Å².